The number of aryl methyl sites for hydroxylation is 1. The molecule has 0 bridgehead atoms. The lowest BCUT2D eigenvalue weighted by molar-refractivity contribution is 0.248. The average molecular weight is 449 g/mol. The summed E-state index contributed by atoms with van der Waals surface area (Å²) in [6, 6.07) is 16.8. The number of nitrogens with one attached hydrogen (secondary N) is 1. The number of H-pyrrole nitrogens is 1. The Balaban J connectivity index is 1.49. The number of benzene rings is 2. The van der Waals surface area contributed by atoms with Gasteiger partial charge >= 0.3 is 5.69 Å². The SMILES string of the molecule is Cn1c(=O)[nH]c(=O)c2c1nc(N1CCN(Cc3ccccc3)CC1)n2Cc1ccccc1F. The number of nitrogens with zero attached hydrogens (tertiary/aromatic N) is 5. The van der Waals surface area contributed by atoms with Gasteiger partial charge in [0, 0.05) is 45.3 Å². The summed E-state index contributed by atoms with van der Waals surface area (Å²) >= 11 is 0. The Hall–Kier alpha value is -3.72. The van der Waals surface area contributed by atoms with Crippen LogP contribution in [0.1, 0.15) is 11.1 Å². The van der Waals surface area contributed by atoms with Gasteiger partial charge in [0.2, 0.25) is 5.95 Å². The number of hydrogen-bond acceptors (Lipinski definition) is 5. The van der Waals surface area contributed by atoms with Gasteiger partial charge in [0.05, 0.1) is 6.54 Å². The Morgan fingerprint density at radius 1 is 0.939 bits per heavy atom. The maximum atomic E-state index is 14.5. The standard InChI is InChI=1S/C24H25FN6O2/c1-28-21-20(22(32)27-24(28)33)31(16-18-9-5-6-10-19(18)25)23(26-21)30-13-11-29(12-14-30)15-17-7-3-2-4-8-17/h2-10H,11-16H2,1H3,(H,27,32,33). The third kappa shape index (κ3) is 4.07. The molecule has 2 aromatic carbocycles. The largest absolute Gasteiger partial charge is 0.340 e. The van der Waals surface area contributed by atoms with Gasteiger partial charge in [-0.3, -0.25) is 23.8 Å². The van der Waals surface area contributed by atoms with E-state index in [9.17, 15) is 14.0 Å². The van der Waals surface area contributed by atoms with Crippen LogP contribution in [0.4, 0.5) is 10.3 Å². The van der Waals surface area contributed by atoms with E-state index in [2.05, 4.69) is 31.9 Å². The minimum Gasteiger partial charge on any atom is -0.340 e. The van der Waals surface area contributed by atoms with Gasteiger partial charge < -0.3 is 4.90 Å². The molecular weight excluding hydrogens is 423 g/mol. The molecule has 0 aliphatic carbocycles. The van der Waals surface area contributed by atoms with Gasteiger partial charge in [-0.25, -0.2) is 9.18 Å². The first-order chi connectivity index (χ1) is 16.0. The lowest BCUT2D eigenvalue weighted by Crippen LogP contribution is -2.47. The number of aromatic nitrogens is 4. The van der Waals surface area contributed by atoms with E-state index >= 15 is 0 Å². The summed E-state index contributed by atoms with van der Waals surface area (Å²) in [4.78, 5) is 36.4. The van der Waals surface area contributed by atoms with Crippen LogP contribution in [0.5, 0.6) is 0 Å². The van der Waals surface area contributed by atoms with Crippen LogP contribution in [0.2, 0.25) is 0 Å². The van der Waals surface area contributed by atoms with Crippen molar-refractivity contribution in [1.82, 2.24) is 24.0 Å². The van der Waals surface area contributed by atoms with Crippen molar-refractivity contribution < 1.29 is 4.39 Å². The molecule has 5 rings (SSSR count). The summed E-state index contributed by atoms with van der Waals surface area (Å²) in [5, 5.41) is 0. The number of imidazole rings is 1. The lowest BCUT2D eigenvalue weighted by Gasteiger charge is -2.35. The van der Waals surface area contributed by atoms with Crippen molar-refractivity contribution in [3.8, 4) is 0 Å². The van der Waals surface area contributed by atoms with Gasteiger partial charge in [0.1, 0.15) is 5.82 Å². The topological polar surface area (TPSA) is 79.2 Å². The zero-order valence-corrected chi connectivity index (χ0v) is 18.4. The molecule has 1 N–H and O–H groups in total. The van der Waals surface area contributed by atoms with E-state index in [1.54, 1.807) is 29.8 Å². The smallest absolute Gasteiger partial charge is 0.329 e. The summed E-state index contributed by atoms with van der Waals surface area (Å²) in [5.41, 5.74) is 1.23. The number of rotatable bonds is 5. The Bertz CT molecular complexity index is 1400. The fourth-order valence-corrected chi connectivity index (χ4v) is 4.36. The van der Waals surface area contributed by atoms with E-state index in [4.69, 9.17) is 0 Å². The molecule has 1 aliphatic heterocycles. The van der Waals surface area contributed by atoms with Gasteiger partial charge in [-0.05, 0) is 11.6 Å². The van der Waals surface area contributed by atoms with Crippen molar-refractivity contribution in [2.75, 3.05) is 31.1 Å². The summed E-state index contributed by atoms with van der Waals surface area (Å²) in [6.45, 7) is 4.08. The monoisotopic (exact) mass is 448 g/mol. The second-order valence-electron chi connectivity index (χ2n) is 8.33. The van der Waals surface area contributed by atoms with E-state index in [0.717, 1.165) is 19.6 Å². The van der Waals surface area contributed by atoms with E-state index in [0.29, 0.717) is 30.2 Å². The second-order valence-corrected chi connectivity index (χ2v) is 8.33. The highest BCUT2D eigenvalue weighted by Crippen LogP contribution is 2.23. The number of piperazine rings is 1. The Labute approximate surface area is 189 Å². The van der Waals surface area contributed by atoms with Gasteiger partial charge in [0.15, 0.2) is 11.2 Å². The molecule has 0 amide bonds. The molecule has 4 aromatic rings. The van der Waals surface area contributed by atoms with Crippen molar-refractivity contribution in [2.24, 2.45) is 7.05 Å². The van der Waals surface area contributed by atoms with Crippen LogP contribution < -0.4 is 16.1 Å². The molecule has 0 saturated carbocycles. The first-order valence-electron chi connectivity index (χ1n) is 11.0. The second kappa shape index (κ2) is 8.67. The highest BCUT2D eigenvalue weighted by atomic mass is 19.1. The highest BCUT2D eigenvalue weighted by Gasteiger charge is 2.25. The zero-order valence-electron chi connectivity index (χ0n) is 18.4. The number of halogens is 1. The number of hydrogen-bond donors (Lipinski definition) is 1. The first kappa shape index (κ1) is 21.1. The molecule has 33 heavy (non-hydrogen) atoms. The molecule has 9 heteroatoms. The molecule has 3 heterocycles. The highest BCUT2D eigenvalue weighted by molar-refractivity contribution is 5.74. The molecule has 0 radical (unpaired) electrons. The molecule has 1 saturated heterocycles. The molecule has 0 unspecified atom stereocenters. The third-order valence-corrected chi connectivity index (χ3v) is 6.18. The van der Waals surface area contributed by atoms with Crippen LogP contribution in [0.25, 0.3) is 11.2 Å². The van der Waals surface area contributed by atoms with Crippen molar-refractivity contribution in [2.45, 2.75) is 13.1 Å². The summed E-state index contributed by atoms with van der Waals surface area (Å²) < 4.78 is 17.5. The van der Waals surface area contributed by atoms with Gasteiger partial charge in [-0.1, -0.05) is 48.5 Å². The normalized spacial score (nSPS) is 14.8. The molecule has 8 nitrogen and oxygen atoms in total. The quantitative estimate of drug-likeness (QED) is 0.505. The Morgan fingerprint density at radius 3 is 2.36 bits per heavy atom. The van der Waals surface area contributed by atoms with Crippen LogP contribution in [0, 0.1) is 5.82 Å². The molecule has 170 valence electrons. The molecular formula is C24H25FN6O2. The molecule has 0 atom stereocenters. The van der Waals surface area contributed by atoms with E-state index in [1.807, 2.05) is 18.2 Å². The van der Waals surface area contributed by atoms with Crippen molar-refractivity contribution in [3.05, 3.63) is 92.4 Å². The first-order valence-corrected chi connectivity index (χ1v) is 11.0. The van der Waals surface area contributed by atoms with E-state index in [1.165, 1.54) is 16.2 Å². The number of fused-ring (bicyclic) bond motifs is 1. The zero-order chi connectivity index (χ0) is 22.9. The number of aromatic amines is 1. The van der Waals surface area contributed by atoms with Gasteiger partial charge in [-0.15, -0.1) is 0 Å². The molecule has 1 fully saturated rings. The van der Waals surface area contributed by atoms with E-state index in [-0.39, 0.29) is 17.9 Å². The Morgan fingerprint density at radius 2 is 1.64 bits per heavy atom. The fourth-order valence-electron chi connectivity index (χ4n) is 4.36. The van der Waals surface area contributed by atoms with Gasteiger partial charge in [0.25, 0.3) is 5.56 Å². The molecule has 0 spiro atoms. The van der Waals surface area contributed by atoms with Gasteiger partial charge in [-0.2, -0.15) is 4.98 Å². The lowest BCUT2D eigenvalue weighted by atomic mass is 10.2. The van der Waals surface area contributed by atoms with Crippen molar-refractivity contribution >= 4 is 17.1 Å². The predicted octanol–water partition coefficient (Wildman–Crippen LogP) is 1.93. The minimum atomic E-state index is -0.526. The third-order valence-electron chi connectivity index (χ3n) is 6.18. The fraction of sp³-hybridized carbons (Fsp3) is 0.292. The summed E-state index contributed by atoms with van der Waals surface area (Å²) in [6.07, 6.45) is 0. The van der Waals surface area contributed by atoms with Crippen molar-refractivity contribution in [1.29, 1.82) is 0 Å². The average Bonchev–Trinajstić information content (AvgIpc) is 3.20. The maximum Gasteiger partial charge on any atom is 0.329 e. The predicted molar refractivity (Wildman–Crippen MR) is 125 cm³/mol. The molecule has 2 aromatic heterocycles. The number of anilines is 1. The van der Waals surface area contributed by atoms with Crippen molar-refractivity contribution in [3.63, 3.8) is 0 Å². The minimum absolute atomic E-state index is 0.143. The maximum absolute atomic E-state index is 14.5. The summed E-state index contributed by atoms with van der Waals surface area (Å²) in [7, 11) is 1.57. The van der Waals surface area contributed by atoms with Crippen LogP contribution in [0.15, 0.2) is 64.2 Å². The van der Waals surface area contributed by atoms with Crippen LogP contribution in [0.3, 0.4) is 0 Å². The van der Waals surface area contributed by atoms with Crippen LogP contribution in [-0.4, -0.2) is 50.2 Å². The van der Waals surface area contributed by atoms with E-state index < -0.39 is 11.2 Å². The Kier molecular flexibility index (Phi) is 5.55. The molecule has 1 aliphatic rings. The van der Waals surface area contributed by atoms with Crippen LogP contribution in [-0.2, 0) is 20.1 Å². The summed E-state index contributed by atoms with van der Waals surface area (Å²) in [5.74, 6) is 0.221. The van der Waals surface area contributed by atoms with Crippen LogP contribution >= 0.6 is 0 Å².